The molecular formula is C15H18O. The molecule has 0 radical (unpaired) electrons. The van der Waals surface area contributed by atoms with E-state index in [4.69, 9.17) is 0 Å². The van der Waals surface area contributed by atoms with Gasteiger partial charge in [0.1, 0.15) is 5.78 Å². The van der Waals surface area contributed by atoms with Crippen LogP contribution in [0.15, 0.2) is 24.3 Å². The van der Waals surface area contributed by atoms with Crippen LogP contribution < -0.4 is 0 Å². The number of carbonyl (C=O) groups excluding carboxylic acids is 1. The van der Waals surface area contributed by atoms with E-state index in [0.29, 0.717) is 17.6 Å². The summed E-state index contributed by atoms with van der Waals surface area (Å²) in [6.45, 7) is 6.29. The summed E-state index contributed by atoms with van der Waals surface area (Å²) in [4.78, 5) is 12.0. The number of fused-ring (bicyclic) bond motifs is 3. The zero-order valence-corrected chi connectivity index (χ0v) is 10.2. The minimum Gasteiger partial charge on any atom is -0.299 e. The van der Waals surface area contributed by atoms with Crippen molar-refractivity contribution in [2.24, 2.45) is 11.3 Å². The molecule has 0 bridgehead atoms. The van der Waals surface area contributed by atoms with Gasteiger partial charge < -0.3 is 0 Å². The van der Waals surface area contributed by atoms with E-state index in [2.05, 4.69) is 38.1 Å². The summed E-state index contributed by atoms with van der Waals surface area (Å²) in [6.07, 6.45) is 1.21. The fourth-order valence-electron chi connectivity index (χ4n) is 3.96. The molecule has 0 heterocycles. The Balaban J connectivity index is 2.16. The van der Waals surface area contributed by atoms with E-state index in [1.807, 2.05) is 0 Å². The van der Waals surface area contributed by atoms with Gasteiger partial charge in [0.25, 0.3) is 0 Å². The zero-order chi connectivity index (χ0) is 11.5. The van der Waals surface area contributed by atoms with E-state index in [0.717, 1.165) is 0 Å². The van der Waals surface area contributed by atoms with E-state index >= 15 is 0 Å². The second kappa shape index (κ2) is 2.97. The normalized spacial score (nSPS) is 34.8. The largest absolute Gasteiger partial charge is 0.299 e. The first kappa shape index (κ1) is 10.1. The van der Waals surface area contributed by atoms with Gasteiger partial charge in [-0.2, -0.15) is 0 Å². The molecule has 1 aromatic carbocycles. The molecule has 0 N–H and O–H groups in total. The predicted octanol–water partition coefficient (Wildman–Crippen LogP) is 3.50. The lowest BCUT2D eigenvalue weighted by atomic mass is 9.77. The topological polar surface area (TPSA) is 17.1 Å². The molecule has 3 rings (SSSR count). The van der Waals surface area contributed by atoms with Gasteiger partial charge in [0.05, 0.1) is 0 Å². The number of hydrogen-bond donors (Lipinski definition) is 0. The summed E-state index contributed by atoms with van der Waals surface area (Å²) >= 11 is 0. The smallest absolute Gasteiger partial charge is 0.137 e. The number of ketones is 1. The van der Waals surface area contributed by atoms with Crippen LogP contribution in [-0.4, -0.2) is 5.78 Å². The Kier molecular flexibility index (Phi) is 1.87. The third-order valence-electron chi connectivity index (χ3n) is 4.75. The van der Waals surface area contributed by atoms with Crippen molar-refractivity contribution in [3.8, 4) is 0 Å². The van der Waals surface area contributed by atoms with Crippen LogP contribution in [0, 0.1) is 11.3 Å². The van der Waals surface area contributed by atoms with Crippen LogP contribution in [0.4, 0.5) is 0 Å². The molecule has 84 valence electrons. The highest BCUT2D eigenvalue weighted by Crippen LogP contribution is 2.75. The molecule has 1 fully saturated rings. The van der Waals surface area contributed by atoms with Crippen molar-refractivity contribution in [2.75, 3.05) is 0 Å². The number of rotatable bonds is 2. The molecule has 0 saturated heterocycles. The molecule has 2 aliphatic carbocycles. The van der Waals surface area contributed by atoms with E-state index in [1.165, 1.54) is 17.5 Å². The van der Waals surface area contributed by atoms with Crippen molar-refractivity contribution in [2.45, 2.75) is 39.0 Å². The summed E-state index contributed by atoms with van der Waals surface area (Å²) in [5.74, 6) is 1.76. The molecule has 3 atom stereocenters. The molecule has 0 spiro atoms. The first-order valence-electron chi connectivity index (χ1n) is 6.18. The van der Waals surface area contributed by atoms with E-state index in [1.54, 1.807) is 6.92 Å². The monoisotopic (exact) mass is 214 g/mol. The first-order valence-corrected chi connectivity index (χ1v) is 6.18. The van der Waals surface area contributed by atoms with E-state index in [9.17, 15) is 4.79 Å². The van der Waals surface area contributed by atoms with Crippen LogP contribution in [0.3, 0.4) is 0 Å². The Bertz CT molecular complexity index is 460. The third kappa shape index (κ3) is 0.991. The summed E-state index contributed by atoms with van der Waals surface area (Å²) in [5.41, 5.74) is 3.01. The average molecular weight is 214 g/mol. The molecule has 1 heteroatoms. The lowest BCUT2D eigenvalue weighted by molar-refractivity contribution is -0.120. The van der Waals surface area contributed by atoms with Gasteiger partial charge in [0.2, 0.25) is 0 Å². The Labute approximate surface area is 96.9 Å². The number of benzene rings is 1. The average Bonchev–Trinajstić information content (AvgIpc) is 2.90. The number of hydrogen-bond acceptors (Lipinski definition) is 1. The lowest BCUT2D eigenvalue weighted by Crippen LogP contribution is -2.23. The van der Waals surface area contributed by atoms with Crippen LogP contribution in [0.1, 0.15) is 50.2 Å². The number of Topliss-reactive ketones (excluding diaryl/α,β-unsaturated/α-hetero) is 1. The Morgan fingerprint density at radius 1 is 1.31 bits per heavy atom. The molecule has 0 aromatic heterocycles. The zero-order valence-electron chi connectivity index (χ0n) is 10.2. The maximum atomic E-state index is 12.0. The molecule has 0 aliphatic heterocycles. The molecule has 0 amide bonds. The van der Waals surface area contributed by atoms with Crippen molar-refractivity contribution >= 4 is 5.78 Å². The summed E-state index contributed by atoms with van der Waals surface area (Å²) < 4.78 is 0. The predicted molar refractivity (Wildman–Crippen MR) is 64.5 cm³/mol. The van der Waals surface area contributed by atoms with Crippen molar-refractivity contribution in [3.63, 3.8) is 0 Å². The number of carbonyl (C=O) groups is 1. The highest BCUT2D eigenvalue weighted by atomic mass is 16.1. The SMILES string of the molecule is CC(=O)[C@H]1c2ccccc2C2C[C@@]21C(C)C. The van der Waals surface area contributed by atoms with Gasteiger partial charge in [-0.25, -0.2) is 0 Å². The van der Waals surface area contributed by atoms with Crippen LogP contribution in [-0.2, 0) is 4.79 Å². The van der Waals surface area contributed by atoms with Crippen LogP contribution in [0.5, 0.6) is 0 Å². The Hall–Kier alpha value is -1.11. The molecule has 2 aliphatic rings. The molecule has 16 heavy (non-hydrogen) atoms. The molecule has 1 saturated carbocycles. The fraction of sp³-hybridized carbons (Fsp3) is 0.533. The summed E-state index contributed by atoms with van der Waals surface area (Å²) in [7, 11) is 0. The first-order chi connectivity index (χ1) is 7.59. The maximum Gasteiger partial charge on any atom is 0.137 e. The van der Waals surface area contributed by atoms with Crippen LogP contribution in [0.25, 0.3) is 0 Å². The van der Waals surface area contributed by atoms with E-state index < -0.39 is 0 Å². The van der Waals surface area contributed by atoms with Crippen molar-refractivity contribution < 1.29 is 4.79 Å². The van der Waals surface area contributed by atoms with Gasteiger partial charge >= 0.3 is 0 Å². The Morgan fingerprint density at radius 2 is 1.94 bits per heavy atom. The summed E-state index contributed by atoms with van der Waals surface area (Å²) in [6, 6.07) is 8.53. The van der Waals surface area contributed by atoms with Gasteiger partial charge in [-0.15, -0.1) is 0 Å². The second-order valence-electron chi connectivity index (χ2n) is 5.70. The third-order valence-corrected chi connectivity index (χ3v) is 4.75. The quantitative estimate of drug-likeness (QED) is 0.736. The second-order valence-corrected chi connectivity index (χ2v) is 5.70. The molecule has 1 nitrogen and oxygen atoms in total. The molecule has 1 unspecified atom stereocenters. The van der Waals surface area contributed by atoms with Crippen molar-refractivity contribution in [1.29, 1.82) is 0 Å². The van der Waals surface area contributed by atoms with Gasteiger partial charge in [-0.1, -0.05) is 38.1 Å². The summed E-state index contributed by atoms with van der Waals surface area (Å²) in [5, 5.41) is 0. The van der Waals surface area contributed by atoms with Crippen molar-refractivity contribution in [3.05, 3.63) is 35.4 Å². The van der Waals surface area contributed by atoms with Gasteiger partial charge in [0, 0.05) is 5.92 Å². The standard InChI is InChI=1S/C15H18O/c1-9(2)15-8-13(15)11-6-4-5-7-12(11)14(15)10(3)16/h4-7,9,13-14H,8H2,1-3H3/t13?,14-,15+/m0/s1. The lowest BCUT2D eigenvalue weighted by Gasteiger charge is -2.25. The van der Waals surface area contributed by atoms with Crippen LogP contribution in [0.2, 0.25) is 0 Å². The fourth-order valence-corrected chi connectivity index (χ4v) is 3.96. The minimum absolute atomic E-state index is 0.161. The van der Waals surface area contributed by atoms with Gasteiger partial charge in [0.15, 0.2) is 0 Å². The van der Waals surface area contributed by atoms with Gasteiger partial charge in [-0.05, 0) is 41.7 Å². The van der Waals surface area contributed by atoms with Gasteiger partial charge in [-0.3, -0.25) is 4.79 Å². The van der Waals surface area contributed by atoms with Crippen LogP contribution >= 0.6 is 0 Å². The highest BCUT2D eigenvalue weighted by Gasteiger charge is 2.67. The van der Waals surface area contributed by atoms with E-state index in [-0.39, 0.29) is 11.3 Å². The molecule has 1 aromatic rings. The molecular weight excluding hydrogens is 196 g/mol. The minimum atomic E-state index is 0.161. The highest BCUT2D eigenvalue weighted by molar-refractivity contribution is 5.87. The maximum absolute atomic E-state index is 12.0. The Morgan fingerprint density at radius 3 is 2.50 bits per heavy atom. The van der Waals surface area contributed by atoms with Crippen molar-refractivity contribution in [1.82, 2.24) is 0 Å².